The second-order valence-corrected chi connectivity index (χ2v) is 5.80. The maximum atomic E-state index is 12.1. The molecule has 0 fully saturated rings. The smallest absolute Gasteiger partial charge is 0.337 e. The van der Waals surface area contributed by atoms with E-state index >= 15 is 0 Å². The van der Waals surface area contributed by atoms with Crippen LogP contribution in [-0.4, -0.2) is 34.3 Å². The number of hydrogen-bond acceptors (Lipinski definition) is 7. The minimum Gasteiger partial charge on any atom is -0.465 e. The van der Waals surface area contributed by atoms with Crippen LogP contribution in [0.1, 0.15) is 32.6 Å². The number of ether oxygens (including phenoxy) is 1. The Labute approximate surface area is 142 Å². The van der Waals surface area contributed by atoms with Gasteiger partial charge in [-0.1, -0.05) is 18.3 Å². The fourth-order valence-electron chi connectivity index (χ4n) is 1.63. The van der Waals surface area contributed by atoms with Gasteiger partial charge in [-0.2, -0.15) is 0 Å². The van der Waals surface area contributed by atoms with E-state index in [1.165, 1.54) is 42.7 Å². The Balaban J connectivity index is 1.95. The third kappa shape index (κ3) is 4.54. The van der Waals surface area contributed by atoms with E-state index in [1.807, 2.05) is 6.92 Å². The number of anilines is 1. The summed E-state index contributed by atoms with van der Waals surface area (Å²) in [4.78, 5) is 23.4. The van der Waals surface area contributed by atoms with Gasteiger partial charge in [-0.05, 0) is 42.9 Å². The van der Waals surface area contributed by atoms with Crippen LogP contribution in [0.5, 0.6) is 0 Å². The molecule has 0 aliphatic rings. The van der Waals surface area contributed by atoms with Gasteiger partial charge in [0.25, 0.3) is 5.91 Å². The third-order valence-corrected chi connectivity index (χ3v) is 3.97. The van der Waals surface area contributed by atoms with Crippen LogP contribution >= 0.6 is 23.6 Å². The maximum Gasteiger partial charge on any atom is 0.337 e. The van der Waals surface area contributed by atoms with Crippen LogP contribution in [0.3, 0.4) is 0 Å². The highest BCUT2D eigenvalue weighted by Gasteiger charge is 2.11. The lowest BCUT2D eigenvalue weighted by atomic mass is 10.1. The van der Waals surface area contributed by atoms with Gasteiger partial charge in [0.2, 0.25) is 5.13 Å². The zero-order valence-electron chi connectivity index (χ0n) is 12.5. The summed E-state index contributed by atoms with van der Waals surface area (Å²) in [7, 11) is 1.30. The van der Waals surface area contributed by atoms with Gasteiger partial charge in [-0.15, -0.1) is 10.2 Å². The SMILES string of the molecule is CCc1nnc(NC(=S)NC(=O)c2ccc(C(=O)OC)cc2)s1. The summed E-state index contributed by atoms with van der Waals surface area (Å²) in [5, 5.41) is 14.7. The van der Waals surface area contributed by atoms with E-state index in [0.717, 1.165) is 11.4 Å². The first kappa shape index (κ1) is 17.0. The number of amides is 1. The van der Waals surface area contributed by atoms with Gasteiger partial charge >= 0.3 is 5.97 Å². The summed E-state index contributed by atoms with van der Waals surface area (Å²) in [6.07, 6.45) is 0.783. The van der Waals surface area contributed by atoms with E-state index in [1.54, 1.807) is 0 Å². The average molecular weight is 350 g/mol. The van der Waals surface area contributed by atoms with Gasteiger partial charge in [-0.25, -0.2) is 4.79 Å². The first-order valence-electron chi connectivity index (χ1n) is 6.66. The molecule has 0 saturated carbocycles. The van der Waals surface area contributed by atoms with Crippen molar-refractivity contribution < 1.29 is 14.3 Å². The molecule has 9 heteroatoms. The van der Waals surface area contributed by atoms with Crippen molar-refractivity contribution in [2.75, 3.05) is 12.4 Å². The Hall–Kier alpha value is -2.39. The van der Waals surface area contributed by atoms with Crippen LogP contribution in [0.25, 0.3) is 0 Å². The third-order valence-electron chi connectivity index (χ3n) is 2.79. The van der Waals surface area contributed by atoms with Gasteiger partial charge < -0.3 is 10.1 Å². The molecule has 0 aliphatic carbocycles. The molecule has 1 amide bonds. The van der Waals surface area contributed by atoms with Gasteiger partial charge in [0.05, 0.1) is 12.7 Å². The number of methoxy groups -OCH3 is 1. The number of aryl methyl sites for hydroxylation is 1. The number of rotatable bonds is 4. The predicted molar refractivity (Wildman–Crippen MR) is 90.8 cm³/mol. The Morgan fingerprint density at radius 2 is 1.87 bits per heavy atom. The Bertz CT molecular complexity index is 728. The molecule has 0 bridgehead atoms. The molecule has 2 N–H and O–H groups in total. The van der Waals surface area contributed by atoms with Crippen molar-refractivity contribution in [1.29, 1.82) is 0 Å². The lowest BCUT2D eigenvalue weighted by Crippen LogP contribution is -2.34. The fourth-order valence-corrected chi connectivity index (χ4v) is 2.56. The summed E-state index contributed by atoms with van der Waals surface area (Å²) in [6.45, 7) is 1.97. The van der Waals surface area contributed by atoms with E-state index < -0.39 is 5.97 Å². The molecular weight excluding hydrogens is 336 g/mol. The van der Waals surface area contributed by atoms with E-state index in [2.05, 4.69) is 25.6 Å². The zero-order valence-corrected chi connectivity index (χ0v) is 14.1. The summed E-state index contributed by atoms with van der Waals surface area (Å²) in [5.41, 5.74) is 0.735. The molecule has 0 aliphatic heterocycles. The lowest BCUT2D eigenvalue weighted by molar-refractivity contribution is 0.0600. The highest BCUT2D eigenvalue weighted by molar-refractivity contribution is 7.80. The molecule has 1 aromatic carbocycles. The Kier molecular flexibility index (Phi) is 5.72. The Morgan fingerprint density at radius 3 is 2.43 bits per heavy atom. The number of hydrogen-bond donors (Lipinski definition) is 2. The van der Waals surface area contributed by atoms with Gasteiger partial charge in [0.15, 0.2) is 5.11 Å². The molecule has 0 spiro atoms. The Morgan fingerprint density at radius 1 is 1.22 bits per heavy atom. The zero-order chi connectivity index (χ0) is 16.8. The molecule has 2 rings (SSSR count). The van der Waals surface area contributed by atoms with Crippen molar-refractivity contribution in [1.82, 2.24) is 15.5 Å². The van der Waals surface area contributed by atoms with Crippen molar-refractivity contribution in [3.05, 3.63) is 40.4 Å². The fraction of sp³-hybridized carbons (Fsp3) is 0.214. The summed E-state index contributed by atoms with van der Waals surface area (Å²) < 4.78 is 4.60. The number of thiocarbonyl (C=S) groups is 1. The number of carbonyl (C=O) groups is 2. The highest BCUT2D eigenvalue weighted by Crippen LogP contribution is 2.15. The molecule has 0 radical (unpaired) electrons. The molecule has 1 heterocycles. The van der Waals surface area contributed by atoms with Gasteiger partial charge in [0.1, 0.15) is 5.01 Å². The molecule has 1 aromatic heterocycles. The number of nitrogens with zero attached hydrogens (tertiary/aromatic N) is 2. The number of benzene rings is 1. The van der Waals surface area contributed by atoms with Crippen LogP contribution in [0.15, 0.2) is 24.3 Å². The van der Waals surface area contributed by atoms with Crippen LogP contribution in [0, 0.1) is 0 Å². The van der Waals surface area contributed by atoms with Crippen LogP contribution in [0.4, 0.5) is 5.13 Å². The first-order chi connectivity index (χ1) is 11.0. The number of aromatic nitrogens is 2. The molecule has 7 nitrogen and oxygen atoms in total. The summed E-state index contributed by atoms with van der Waals surface area (Å²) in [5.74, 6) is -0.851. The number of esters is 1. The second kappa shape index (κ2) is 7.75. The standard InChI is InChI=1S/C14H14N4O3S2/c1-3-10-17-18-14(23-10)16-13(22)15-11(19)8-4-6-9(7-5-8)12(20)21-2/h4-7H,3H2,1-2H3,(H2,15,16,18,19,22). The van der Waals surface area contributed by atoms with Crippen molar-refractivity contribution in [3.8, 4) is 0 Å². The number of carbonyl (C=O) groups excluding carboxylic acids is 2. The second-order valence-electron chi connectivity index (χ2n) is 4.33. The first-order valence-corrected chi connectivity index (χ1v) is 7.89. The van der Waals surface area contributed by atoms with E-state index in [9.17, 15) is 9.59 Å². The molecule has 0 unspecified atom stereocenters. The van der Waals surface area contributed by atoms with Crippen molar-refractivity contribution in [2.45, 2.75) is 13.3 Å². The molecule has 0 atom stereocenters. The summed E-state index contributed by atoms with van der Waals surface area (Å²) in [6, 6.07) is 6.06. The van der Waals surface area contributed by atoms with Gasteiger partial charge in [-0.3, -0.25) is 10.1 Å². The van der Waals surface area contributed by atoms with Crippen LogP contribution < -0.4 is 10.6 Å². The van der Waals surface area contributed by atoms with Crippen LogP contribution in [0.2, 0.25) is 0 Å². The minimum absolute atomic E-state index is 0.130. The normalized spacial score (nSPS) is 10.0. The van der Waals surface area contributed by atoms with Gasteiger partial charge in [0, 0.05) is 5.56 Å². The number of nitrogens with one attached hydrogen (secondary N) is 2. The summed E-state index contributed by atoms with van der Waals surface area (Å²) >= 11 is 6.43. The molecular formula is C14H14N4O3S2. The molecule has 120 valence electrons. The molecule has 0 saturated heterocycles. The van der Waals surface area contributed by atoms with Crippen molar-refractivity contribution >= 4 is 45.7 Å². The maximum absolute atomic E-state index is 12.1. The topological polar surface area (TPSA) is 93.2 Å². The lowest BCUT2D eigenvalue weighted by Gasteiger charge is -2.07. The van der Waals surface area contributed by atoms with Crippen LogP contribution in [-0.2, 0) is 11.2 Å². The average Bonchev–Trinajstić information content (AvgIpc) is 3.01. The minimum atomic E-state index is -0.461. The largest absolute Gasteiger partial charge is 0.465 e. The van der Waals surface area contributed by atoms with E-state index in [0.29, 0.717) is 16.3 Å². The van der Waals surface area contributed by atoms with E-state index in [4.69, 9.17) is 12.2 Å². The predicted octanol–water partition coefficient (Wildman–Crippen LogP) is 2.01. The molecule has 2 aromatic rings. The van der Waals surface area contributed by atoms with Crippen molar-refractivity contribution in [2.24, 2.45) is 0 Å². The van der Waals surface area contributed by atoms with E-state index in [-0.39, 0.29) is 11.0 Å². The molecule has 23 heavy (non-hydrogen) atoms. The monoisotopic (exact) mass is 350 g/mol. The van der Waals surface area contributed by atoms with Crippen molar-refractivity contribution in [3.63, 3.8) is 0 Å². The highest BCUT2D eigenvalue weighted by atomic mass is 32.1. The quantitative estimate of drug-likeness (QED) is 0.643.